The van der Waals surface area contributed by atoms with Gasteiger partial charge in [0.2, 0.25) is 17.5 Å². The second kappa shape index (κ2) is 10.3. The molecule has 0 N–H and O–H groups in total. The molecule has 2 amide bonds. The molecule has 0 bridgehead atoms. The summed E-state index contributed by atoms with van der Waals surface area (Å²) in [7, 11) is -4.51. The van der Waals surface area contributed by atoms with Crippen LogP contribution in [0, 0.1) is 17.1 Å². The van der Waals surface area contributed by atoms with Crippen LogP contribution in [0.15, 0.2) is 41.4 Å². The Labute approximate surface area is 239 Å². The number of halogens is 5. The Morgan fingerprint density at radius 1 is 1.19 bits per heavy atom. The molecule has 0 saturated carbocycles. The van der Waals surface area contributed by atoms with Crippen molar-refractivity contribution in [3.63, 3.8) is 0 Å². The zero-order valence-corrected chi connectivity index (χ0v) is 23.3. The number of alkyl halides is 4. The lowest BCUT2D eigenvalue weighted by atomic mass is 9.78. The van der Waals surface area contributed by atoms with Crippen molar-refractivity contribution in [2.45, 2.75) is 79.0 Å². The Morgan fingerprint density at radius 2 is 1.93 bits per heavy atom. The summed E-state index contributed by atoms with van der Waals surface area (Å²) >= 11 is 0. The summed E-state index contributed by atoms with van der Waals surface area (Å²) in [5.74, 6) is -1.62. The van der Waals surface area contributed by atoms with E-state index in [2.05, 4.69) is 4.98 Å². The lowest BCUT2D eigenvalue weighted by Gasteiger charge is -2.43. The van der Waals surface area contributed by atoms with E-state index in [0.717, 1.165) is 24.4 Å². The molecule has 3 unspecified atom stereocenters. The first-order chi connectivity index (χ1) is 19.7. The van der Waals surface area contributed by atoms with Crippen molar-refractivity contribution in [2.24, 2.45) is 0 Å². The van der Waals surface area contributed by atoms with Crippen LogP contribution < -0.4 is 0 Å². The molecule has 1 aromatic carbocycles. The first-order valence-corrected chi connectivity index (χ1v) is 14.9. The van der Waals surface area contributed by atoms with Gasteiger partial charge in [0, 0.05) is 25.7 Å². The Kier molecular flexibility index (Phi) is 7.32. The van der Waals surface area contributed by atoms with Crippen LogP contribution in [-0.4, -0.2) is 66.4 Å². The lowest BCUT2D eigenvalue weighted by molar-refractivity contribution is -0.230. The van der Waals surface area contributed by atoms with Gasteiger partial charge in [-0.1, -0.05) is 6.07 Å². The molecular formula is C28H27F5N4O4S. The minimum absolute atomic E-state index is 0.00360. The number of pyridine rings is 1. The Bertz CT molecular complexity index is 1590. The van der Waals surface area contributed by atoms with Crippen LogP contribution in [0.4, 0.5) is 22.0 Å². The third-order valence-electron chi connectivity index (χ3n) is 8.73. The standard InChI is InChI=1S/C28H27F5N4O4S/c1-26(30,28(31,32)33)22-14-17-6-8-23-27(20(17)16-35-22,42(40,41)19-5-2-4-18(29)15-19)10-13-37(23)25(39)21-7-9-24(38)36(21)12-3-11-34/h2,4-5,14-16,21,23H,3,6-10,12-13H2,1H3/t21-,23?,26?,27?/m0/s1. The maximum Gasteiger partial charge on any atom is 0.428 e. The molecule has 2 aromatic rings. The Balaban J connectivity index is 1.63. The first-order valence-electron chi connectivity index (χ1n) is 13.4. The lowest BCUT2D eigenvalue weighted by Crippen LogP contribution is -2.55. The molecule has 1 aliphatic carbocycles. The minimum Gasteiger partial charge on any atom is -0.336 e. The summed E-state index contributed by atoms with van der Waals surface area (Å²) in [4.78, 5) is 32.4. The van der Waals surface area contributed by atoms with E-state index < -0.39 is 55.9 Å². The average Bonchev–Trinajstić information content (AvgIpc) is 3.52. The van der Waals surface area contributed by atoms with Crippen molar-refractivity contribution in [3.8, 4) is 6.07 Å². The molecule has 224 valence electrons. The van der Waals surface area contributed by atoms with Gasteiger partial charge in [-0.15, -0.1) is 0 Å². The SMILES string of the molecule is CC(F)(c1cc2c(cn1)C1(S(=O)(=O)c3cccc(F)c3)CCN(C(=O)[C@@H]3CCC(=O)N3CCC#N)C1CC2)C(F)(F)F. The highest BCUT2D eigenvalue weighted by Crippen LogP contribution is 2.54. The van der Waals surface area contributed by atoms with Gasteiger partial charge in [-0.3, -0.25) is 14.6 Å². The second-order valence-electron chi connectivity index (χ2n) is 11.0. The van der Waals surface area contributed by atoms with Crippen molar-refractivity contribution in [2.75, 3.05) is 13.1 Å². The number of benzene rings is 1. The molecule has 1 aromatic heterocycles. The van der Waals surface area contributed by atoms with Crippen LogP contribution >= 0.6 is 0 Å². The zero-order chi connectivity index (χ0) is 30.7. The van der Waals surface area contributed by atoms with E-state index in [0.29, 0.717) is 6.92 Å². The smallest absolute Gasteiger partial charge is 0.336 e. The summed E-state index contributed by atoms with van der Waals surface area (Å²) < 4.78 is 96.4. The van der Waals surface area contributed by atoms with Crippen LogP contribution in [0.2, 0.25) is 0 Å². The number of amides is 2. The maximum atomic E-state index is 14.9. The van der Waals surface area contributed by atoms with E-state index in [4.69, 9.17) is 5.26 Å². The Hall–Kier alpha value is -3.60. The van der Waals surface area contributed by atoms with E-state index in [1.54, 1.807) is 0 Å². The number of carbonyl (C=O) groups excluding carboxylic acids is 2. The maximum absolute atomic E-state index is 14.9. The summed E-state index contributed by atoms with van der Waals surface area (Å²) in [6.45, 7) is 0.302. The molecule has 2 aliphatic heterocycles. The molecule has 4 atom stereocenters. The highest BCUT2D eigenvalue weighted by atomic mass is 32.2. The van der Waals surface area contributed by atoms with E-state index in [9.17, 15) is 40.0 Å². The molecule has 3 heterocycles. The summed E-state index contributed by atoms with van der Waals surface area (Å²) in [5.41, 5.74) is -4.55. The van der Waals surface area contributed by atoms with Crippen molar-refractivity contribution in [1.29, 1.82) is 5.26 Å². The van der Waals surface area contributed by atoms with E-state index in [-0.39, 0.29) is 73.5 Å². The van der Waals surface area contributed by atoms with E-state index >= 15 is 0 Å². The van der Waals surface area contributed by atoms with Gasteiger partial charge in [-0.05, 0) is 68.0 Å². The third-order valence-corrected chi connectivity index (χ3v) is 11.3. The van der Waals surface area contributed by atoms with Crippen molar-refractivity contribution in [3.05, 3.63) is 59.2 Å². The average molecular weight is 611 g/mol. The van der Waals surface area contributed by atoms with Gasteiger partial charge in [0.25, 0.3) is 0 Å². The number of hydrogen-bond acceptors (Lipinski definition) is 6. The van der Waals surface area contributed by atoms with Crippen molar-refractivity contribution < 1.29 is 40.0 Å². The number of sulfone groups is 1. The van der Waals surface area contributed by atoms with Crippen LogP contribution in [0.3, 0.4) is 0 Å². The summed E-state index contributed by atoms with van der Waals surface area (Å²) in [6.07, 6.45) is -4.22. The fraction of sp³-hybridized carbons (Fsp3) is 0.500. The topological polar surface area (TPSA) is 111 Å². The second-order valence-corrected chi connectivity index (χ2v) is 13.2. The predicted octanol–water partition coefficient (Wildman–Crippen LogP) is 4.09. The number of hydrogen-bond donors (Lipinski definition) is 0. The van der Waals surface area contributed by atoms with Gasteiger partial charge in [0.1, 0.15) is 16.6 Å². The fourth-order valence-electron chi connectivity index (χ4n) is 6.54. The Morgan fingerprint density at radius 3 is 2.60 bits per heavy atom. The number of fused-ring (bicyclic) bond motifs is 3. The van der Waals surface area contributed by atoms with Gasteiger partial charge in [-0.2, -0.15) is 18.4 Å². The normalized spacial score (nSPS) is 25.5. The largest absolute Gasteiger partial charge is 0.428 e. The molecule has 8 nitrogen and oxygen atoms in total. The highest BCUT2D eigenvalue weighted by Gasteiger charge is 2.62. The number of rotatable bonds is 6. The van der Waals surface area contributed by atoms with Gasteiger partial charge in [0.05, 0.1) is 29.1 Å². The molecule has 3 aliphatic rings. The summed E-state index contributed by atoms with van der Waals surface area (Å²) in [5, 5.41) is 8.99. The monoisotopic (exact) mass is 610 g/mol. The fourth-order valence-corrected chi connectivity index (χ4v) is 8.92. The summed E-state index contributed by atoms with van der Waals surface area (Å²) in [6, 6.07) is 5.25. The van der Waals surface area contributed by atoms with Crippen molar-refractivity contribution >= 4 is 21.7 Å². The molecule has 0 radical (unpaired) electrons. The molecule has 0 spiro atoms. The number of nitrogens with zero attached hydrogens (tertiary/aromatic N) is 4. The molecule has 5 rings (SSSR count). The molecule has 2 saturated heterocycles. The molecular weight excluding hydrogens is 583 g/mol. The predicted molar refractivity (Wildman–Crippen MR) is 137 cm³/mol. The first kappa shape index (κ1) is 29.9. The number of aryl methyl sites for hydroxylation is 1. The molecule has 14 heteroatoms. The minimum atomic E-state index is -5.27. The van der Waals surface area contributed by atoms with Crippen molar-refractivity contribution in [1.82, 2.24) is 14.8 Å². The van der Waals surface area contributed by atoms with E-state index in [1.165, 1.54) is 21.9 Å². The van der Waals surface area contributed by atoms with Crippen LogP contribution in [0.1, 0.15) is 55.8 Å². The van der Waals surface area contributed by atoms with E-state index in [1.807, 2.05) is 6.07 Å². The number of nitriles is 1. The van der Waals surface area contributed by atoms with Gasteiger partial charge >= 0.3 is 6.18 Å². The quantitative estimate of drug-likeness (QED) is 0.456. The van der Waals surface area contributed by atoms with Crippen LogP contribution in [-0.2, 0) is 36.3 Å². The number of carbonyl (C=O) groups is 2. The molecule has 2 fully saturated rings. The number of likely N-dealkylation sites (tertiary alicyclic amines) is 2. The van der Waals surface area contributed by atoms with Gasteiger partial charge in [-0.25, -0.2) is 17.2 Å². The van der Waals surface area contributed by atoms with Gasteiger partial charge in [0.15, 0.2) is 9.84 Å². The van der Waals surface area contributed by atoms with Crippen LogP contribution in [0.25, 0.3) is 0 Å². The highest BCUT2D eigenvalue weighted by molar-refractivity contribution is 7.92. The van der Waals surface area contributed by atoms with Crippen LogP contribution in [0.5, 0.6) is 0 Å². The third kappa shape index (κ3) is 4.44. The molecule has 42 heavy (non-hydrogen) atoms. The zero-order valence-electron chi connectivity index (χ0n) is 22.5. The number of aromatic nitrogens is 1. The van der Waals surface area contributed by atoms with Gasteiger partial charge < -0.3 is 9.80 Å².